The number of carbonyl (C=O) groups excluding carboxylic acids is 1. The maximum Gasteiger partial charge on any atom is 0.337 e. The van der Waals surface area contributed by atoms with Crippen molar-refractivity contribution in [3.8, 4) is 11.5 Å². The number of carbonyl (C=O) groups is 1. The van der Waals surface area contributed by atoms with E-state index >= 15 is 0 Å². The molecule has 17 heavy (non-hydrogen) atoms. The number of benzene rings is 1. The van der Waals surface area contributed by atoms with Crippen molar-refractivity contribution in [3.05, 3.63) is 23.8 Å². The van der Waals surface area contributed by atoms with E-state index < -0.39 is 0 Å². The summed E-state index contributed by atoms with van der Waals surface area (Å²) < 4.78 is 15.5. The van der Waals surface area contributed by atoms with Crippen molar-refractivity contribution >= 4 is 5.97 Å². The molecule has 0 spiro atoms. The van der Waals surface area contributed by atoms with Gasteiger partial charge in [-0.3, -0.25) is 0 Å². The summed E-state index contributed by atoms with van der Waals surface area (Å²) in [6, 6.07) is 5.05. The molecule has 1 saturated carbocycles. The van der Waals surface area contributed by atoms with Crippen LogP contribution in [0.15, 0.2) is 18.2 Å². The number of rotatable bonds is 5. The zero-order chi connectivity index (χ0) is 12.3. The van der Waals surface area contributed by atoms with Gasteiger partial charge in [0.1, 0.15) is 0 Å². The third-order valence-corrected chi connectivity index (χ3v) is 2.76. The first-order valence-corrected chi connectivity index (χ1v) is 5.63. The highest BCUT2D eigenvalue weighted by molar-refractivity contribution is 5.90. The van der Waals surface area contributed by atoms with E-state index in [-0.39, 0.29) is 5.97 Å². The van der Waals surface area contributed by atoms with Crippen LogP contribution in [0.5, 0.6) is 11.5 Å². The van der Waals surface area contributed by atoms with Gasteiger partial charge in [0.05, 0.1) is 26.4 Å². The fraction of sp³-hybridized carbons (Fsp3) is 0.462. The van der Waals surface area contributed by atoms with Crippen molar-refractivity contribution in [3.63, 3.8) is 0 Å². The van der Waals surface area contributed by atoms with Gasteiger partial charge in [-0.2, -0.15) is 0 Å². The van der Waals surface area contributed by atoms with Gasteiger partial charge in [0.15, 0.2) is 11.5 Å². The van der Waals surface area contributed by atoms with Crippen LogP contribution in [0.1, 0.15) is 23.2 Å². The molecule has 0 bridgehead atoms. The predicted molar refractivity (Wildman–Crippen MR) is 62.6 cm³/mol. The van der Waals surface area contributed by atoms with Crippen LogP contribution in [-0.4, -0.2) is 26.8 Å². The zero-order valence-corrected chi connectivity index (χ0v) is 10.1. The SMILES string of the molecule is COC(=O)c1ccc(OCC2CC2)c(OC)c1. The van der Waals surface area contributed by atoms with E-state index in [9.17, 15) is 4.79 Å². The molecule has 0 aliphatic heterocycles. The zero-order valence-electron chi connectivity index (χ0n) is 10.1. The predicted octanol–water partition coefficient (Wildman–Crippen LogP) is 2.27. The summed E-state index contributed by atoms with van der Waals surface area (Å²) >= 11 is 0. The van der Waals surface area contributed by atoms with E-state index in [4.69, 9.17) is 9.47 Å². The lowest BCUT2D eigenvalue weighted by Gasteiger charge is -2.11. The molecule has 0 heterocycles. The summed E-state index contributed by atoms with van der Waals surface area (Å²) in [5, 5.41) is 0. The Bertz CT molecular complexity index is 410. The second-order valence-electron chi connectivity index (χ2n) is 4.11. The lowest BCUT2D eigenvalue weighted by molar-refractivity contribution is 0.0600. The molecule has 0 unspecified atom stereocenters. The molecule has 1 aliphatic carbocycles. The van der Waals surface area contributed by atoms with Crippen LogP contribution in [0.2, 0.25) is 0 Å². The Morgan fingerprint density at radius 3 is 2.65 bits per heavy atom. The third-order valence-electron chi connectivity index (χ3n) is 2.76. The molecular formula is C13H16O4. The van der Waals surface area contributed by atoms with Crippen LogP contribution >= 0.6 is 0 Å². The van der Waals surface area contributed by atoms with Crippen LogP contribution in [0, 0.1) is 5.92 Å². The summed E-state index contributed by atoms with van der Waals surface area (Å²) in [7, 11) is 2.91. The minimum atomic E-state index is -0.378. The van der Waals surface area contributed by atoms with Gasteiger partial charge < -0.3 is 14.2 Å². The highest BCUT2D eigenvalue weighted by atomic mass is 16.5. The van der Waals surface area contributed by atoms with E-state index in [1.807, 2.05) is 0 Å². The second-order valence-corrected chi connectivity index (χ2v) is 4.11. The Balaban J connectivity index is 2.11. The quantitative estimate of drug-likeness (QED) is 0.736. The highest BCUT2D eigenvalue weighted by Crippen LogP contribution is 2.33. The van der Waals surface area contributed by atoms with E-state index in [0.29, 0.717) is 29.6 Å². The molecule has 2 rings (SSSR count). The summed E-state index contributed by atoms with van der Waals surface area (Å²) in [6.45, 7) is 0.716. The molecule has 1 aliphatic rings. The van der Waals surface area contributed by atoms with E-state index in [1.54, 1.807) is 25.3 Å². The highest BCUT2D eigenvalue weighted by Gasteiger charge is 2.22. The summed E-state index contributed by atoms with van der Waals surface area (Å²) in [5.41, 5.74) is 0.461. The van der Waals surface area contributed by atoms with Gasteiger partial charge in [-0.15, -0.1) is 0 Å². The van der Waals surface area contributed by atoms with Crippen molar-refractivity contribution in [2.75, 3.05) is 20.8 Å². The molecule has 0 N–H and O–H groups in total. The number of methoxy groups -OCH3 is 2. The lowest BCUT2D eigenvalue weighted by atomic mass is 10.2. The molecule has 4 nitrogen and oxygen atoms in total. The fourth-order valence-corrected chi connectivity index (χ4v) is 1.52. The van der Waals surface area contributed by atoms with Gasteiger partial charge in [0.2, 0.25) is 0 Å². The van der Waals surface area contributed by atoms with Crippen LogP contribution in [0.3, 0.4) is 0 Å². The van der Waals surface area contributed by atoms with E-state index in [0.717, 1.165) is 0 Å². The van der Waals surface area contributed by atoms with Crippen molar-refractivity contribution in [2.45, 2.75) is 12.8 Å². The van der Waals surface area contributed by atoms with Crippen LogP contribution < -0.4 is 9.47 Å². The number of hydrogen-bond acceptors (Lipinski definition) is 4. The van der Waals surface area contributed by atoms with Crippen molar-refractivity contribution < 1.29 is 19.0 Å². The maximum atomic E-state index is 11.4. The van der Waals surface area contributed by atoms with E-state index in [2.05, 4.69) is 4.74 Å². The summed E-state index contributed by atoms with van der Waals surface area (Å²) in [5.74, 6) is 1.54. The molecule has 0 atom stereocenters. The first-order valence-electron chi connectivity index (χ1n) is 5.63. The maximum absolute atomic E-state index is 11.4. The van der Waals surface area contributed by atoms with Crippen molar-refractivity contribution in [2.24, 2.45) is 5.92 Å². The number of ether oxygens (including phenoxy) is 3. The number of hydrogen-bond donors (Lipinski definition) is 0. The van der Waals surface area contributed by atoms with Gasteiger partial charge in [0, 0.05) is 0 Å². The smallest absolute Gasteiger partial charge is 0.337 e. The Labute approximate surface area is 100 Å². The Hall–Kier alpha value is -1.71. The first-order chi connectivity index (χ1) is 8.24. The molecule has 4 heteroatoms. The fourth-order valence-electron chi connectivity index (χ4n) is 1.52. The average Bonchev–Trinajstić information content (AvgIpc) is 3.19. The van der Waals surface area contributed by atoms with Crippen LogP contribution in [0.4, 0.5) is 0 Å². The van der Waals surface area contributed by atoms with Gasteiger partial charge in [-0.05, 0) is 37.0 Å². The molecule has 0 aromatic heterocycles. The normalized spacial score (nSPS) is 14.2. The Morgan fingerprint density at radius 2 is 2.06 bits per heavy atom. The molecular weight excluding hydrogens is 220 g/mol. The van der Waals surface area contributed by atoms with Gasteiger partial charge in [0.25, 0.3) is 0 Å². The van der Waals surface area contributed by atoms with Gasteiger partial charge >= 0.3 is 5.97 Å². The topological polar surface area (TPSA) is 44.8 Å². The summed E-state index contributed by atoms with van der Waals surface area (Å²) in [6.07, 6.45) is 2.48. The van der Waals surface area contributed by atoms with Crippen molar-refractivity contribution in [1.82, 2.24) is 0 Å². The largest absolute Gasteiger partial charge is 0.493 e. The lowest BCUT2D eigenvalue weighted by Crippen LogP contribution is -2.04. The molecule has 0 amide bonds. The van der Waals surface area contributed by atoms with Crippen LogP contribution in [-0.2, 0) is 4.74 Å². The molecule has 1 aromatic rings. The molecule has 1 fully saturated rings. The van der Waals surface area contributed by atoms with Crippen molar-refractivity contribution in [1.29, 1.82) is 0 Å². The minimum Gasteiger partial charge on any atom is -0.493 e. The molecule has 0 saturated heterocycles. The Morgan fingerprint density at radius 1 is 1.29 bits per heavy atom. The Kier molecular flexibility index (Phi) is 3.52. The standard InChI is InChI=1S/C13H16O4/c1-15-12-7-10(13(14)16-2)5-6-11(12)17-8-9-3-4-9/h5-7,9H,3-4,8H2,1-2H3. The second kappa shape index (κ2) is 5.08. The minimum absolute atomic E-state index is 0.378. The number of esters is 1. The summed E-state index contributed by atoms with van der Waals surface area (Å²) in [4.78, 5) is 11.4. The first kappa shape index (κ1) is 11.8. The van der Waals surface area contributed by atoms with Crippen LogP contribution in [0.25, 0.3) is 0 Å². The molecule has 1 aromatic carbocycles. The molecule has 92 valence electrons. The third kappa shape index (κ3) is 2.90. The van der Waals surface area contributed by atoms with Gasteiger partial charge in [-0.1, -0.05) is 0 Å². The molecule has 0 radical (unpaired) electrons. The monoisotopic (exact) mass is 236 g/mol. The average molecular weight is 236 g/mol. The van der Waals surface area contributed by atoms with Gasteiger partial charge in [-0.25, -0.2) is 4.79 Å². The van der Waals surface area contributed by atoms with E-state index in [1.165, 1.54) is 20.0 Å².